The minimum atomic E-state index is 0.382. The quantitative estimate of drug-likeness (QED) is 0.920. The number of nitrogens with one attached hydrogen (secondary N) is 1. The van der Waals surface area contributed by atoms with Crippen LogP contribution in [0, 0.1) is 0 Å². The maximum Gasteiger partial charge on any atom is 0.0537 e. The van der Waals surface area contributed by atoms with Gasteiger partial charge in [-0.25, -0.2) is 0 Å². The normalized spacial score (nSPS) is 20.7. The lowest BCUT2D eigenvalue weighted by Gasteiger charge is -2.30. The summed E-state index contributed by atoms with van der Waals surface area (Å²) in [5, 5.41) is 10.0. The second-order valence-corrected chi connectivity index (χ2v) is 6.01. The first-order valence-corrected chi connectivity index (χ1v) is 7.39. The number of likely N-dealkylation sites (N-methyl/N-ethyl adjacent to an activating group) is 1. The van der Waals surface area contributed by atoms with Crippen LogP contribution in [0.3, 0.4) is 0 Å². The number of hydrogen-bond acceptors (Lipinski definition) is 3. The van der Waals surface area contributed by atoms with E-state index in [-0.39, 0.29) is 0 Å². The van der Waals surface area contributed by atoms with Gasteiger partial charge in [0.2, 0.25) is 0 Å². The van der Waals surface area contributed by atoms with Crippen molar-refractivity contribution in [2.75, 3.05) is 7.05 Å². The molecule has 1 aliphatic carbocycles. The summed E-state index contributed by atoms with van der Waals surface area (Å²) in [4.78, 5) is 1.58. The molecule has 0 amide bonds. The largest absolute Gasteiger partial charge is 0.312 e. The molecular weight excluding hydrogens is 242 g/mol. The molecular formula is C14H19N3S. The first kappa shape index (κ1) is 11.9. The Balaban J connectivity index is 1.94. The van der Waals surface area contributed by atoms with E-state index >= 15 is 0 Å². The van der Waals surface area contributed by atoms with E-state index in [9.17, 15) is 0 Å². The van der Waals surface area contributed by atoms with Gasteiger partial charge < -0.3 is 5.32 Å². The van der Waals surface area contributed by atoms with E-state index < -0.39 is 0 Å². The van der Waals surface area contributed by atoms with Crippen molar-refractivity contribution in [2.45, 2.75) is 31.2 Å². The number of aromatic nitrogens is 2. The van der Waals surface area contributed by atoms with Crippen LogP contribution >= 0.6 is 11.3 Å². The van der Waals surface area contributed by atoms with Gasteiger partial charge in [0.1, 0.15) is 0 Å². The number of hydrogen-bond donors (Lipinski definition) is 1. The molecule has 0 aliphatic heterocycles. The van der Waals surface area contributed by atoms with Crippen molar-refractivity contribution in [3.8, 4) is 0 Å². The molecule has 0 saturated heterocycles. The van der Waals surface area contributed by atoms with E-state index in [1.54, 1.807) is 10.4 Å². The molecule has 2 heterocycles. The lowest BCUT2D eigenvalue weighted by molar-refractivity contribution is 0.428. The van der Waals surface area contributed by atoms with E-state index in [0.29, 0.717) is 12.0 Å². The lowest BCUT2D eigenvalue weighted by Crippen LogP contribution is -2.25. The first-order valence-electron chi connectivity index (χ1n) is 6.51. The highest BCUT2D eigenvalue weighted by molar-refractivity contribution is 7.10. The maximum absolute atomic E-state index is 4.30. The Kier molecular flexibility index (Phi) is 3.22. The lowest BCUT2D eigenvalue weighted by atomic mass is 9.80. The van der Waals surface area contributed by atoms with Crippen molar-refractivity contribution in [2.24, 2.45) is 7.05 Å². The molecule has 2 aromatic rings. The number of aryl methyl sites for hydroxylation is 2. The second-order valence-electron chi connectivity index (χ2n) is 5.01. The Morgan fingerprint density at radius 3 is 3.17 bits per heavy atom. The highest BCUT2D eigenvalue weighted by Gasteiger charge is 2.29. The maximum atomic E-state index is 4.30. The molecule has 0 fully saturated rings. The molecule has 2 aromatic heterocycles. The smallest absolute Gasteiger partial charge is 0.0537 e. The summed E-state index contributed by atoms with van der Waals surface area (Å²) in [5.41, 5.74) is 2.85. The van der Waals surface area contributed by atoms with Gasteiger partial charge in [-0.15, -0.1) is 11.3 Å². The van der Waals surface area contributed by atoms with Gasteiger partial charge in [0.15, 0.2) is 0 Å². The zero-order valence-electron chi connectivity index (χ0n) is 10.9. The Labute approximate surface area is 112 Å². The number of nitrogens with zero attached hydrogens (tertiary/aromatic N) is 2. The van der Waals surface area contributed by atoms with Gasteiger partial charge in [-0.05, 0) is 43.3 Å². The highest BCUT2D eigenvalue weighted by Crippen LogP contribution is 2.41. The molecule has 18 heavy (non-hydrogen) atoms. The molecule has 2 atom stereocenters. The zero-order chi connectivity index (χ0) is 12.5. The summed E-state index contributed by atoms with van der Waals surface area (Å²) in [5.74, 6) is 0.592. The fraction of sp³-hybridized carbons (Fsp3) is 0.500. The molecule has 1 N–H and O–H groups in total. The average molecular weight is 261 g/mol. The Bertz CT molecular complexity index is 529. The summed E-state index contributed by atoms with van der Waals surface area (Å²) >= 11 is 1.91. The minimum Gasteiger partial charge on any atom is -0.312 e. The van der Waals surface area contributed by atoms with Gasteiger partial charge in [0.25, 0.3) is 0 Å². The van der Waals surface area contributed by atoms with E-state index in [2.05, 4.69) is 35.1 Å². The van der Waals surface area contributed by atoms with Crippen molar-refractivity contribution in [3.05, 3.63) is 39.8 Å². The van der Waals surface area contributed by atoms with Crippen molar-refractivity contribution in [1.29, 1.82) is 0 Å². The minimum absolute atomic E-state index is 0.382. The van der Waals surface area contributed by atoms with Crippen LogP contribution in [0.5, 0.6) is 0 Å². The van der Waals surface area contributed by atoms with Crippen LogP contribution in [0.25, 0.3) is 0 Å². The Hall–Kier alpha value is -1.13. The highest BCUT2D eigenvalue weighted by atomic mass is 32.1. The van der Waals surface area contributed by atoms with Gasteiger partial charge in [-0.2, -0.15) is 5.10 Å². The van der Waals surface area contributed by atoms with Crippen molar-refractivity contribution in [3.63, 3.8) is 0 Å². The van der Waals surface area contributed by atoms with Gasteiger partial charge in [-0.1, -0.05) is 0 Å². The van der Waals surface area contributed by atoms with Crippen LogP contribution < -0.4 is 5.32 Å². The van der Waals surface area contributed by atoms with Crippen molar-refractivity contribution in [1.82, 2.24) is 15.1 Å². The third-order valence-corrected chi connectivity index (χ3v) is 4.89. The summed E-state index contributed by atoms with van der Waals surface area (Å²) < 4.78 is 1.89. The summed E-state index contributed by atoms with van der Waals surface area (Å²) in [6.07, 6.45) is 7.94. The van der Waals surface area contributed by atoms with Crippen LogP contribution in [0.2, 0.25) is 0 Å². The fourth-order valence-electron chi connectivity index (χ4n) is 3.07. The summed E-state index contributed by atoms with van der Waals surface area (Å²) in [6, 6.07) is 2.69. The predicted octanol–water partition coefficient (Wildman–Crippen LogP) is 2.86. The molecule has 0 saturated carbocycles. The molecule has 2 unspecified atom stereocenters. The SMILES string of the molecule is CNC(c1cnn(C)c1)C1CCCc2sccc21. The van der Waals surface area contributed by atoms with Crippen LogP contribution in [-0.4, -0.2) is 16.8 Å². The Morgan fingerprint density at radius 1 is 1.56 bits per heavy atom. The molecule has 0 bridgehead atoms. The van der Waals surface area contributed by atoms with Crippen LogP contribution in [0.1, 0.15) is 40.8 Å². The van der Waals surface area contributed by atoms with Crippen LogP contribution in [-0.2, 0) is 13.5 Å². The van der Waals surface area contributed by atoms with E-state index in [4.69, 9.17) is 0 Å². The van der Waals surface area contributed by atoms with Crippen LogP contribution in [0.4, 0.5) is 0 Å². The van der Waals surface area contributed by atoms with Crippen molar-refractivity contribution < 1.29 is 0 Å². The molecule has 0 spiro atoms. The fourth-order valence-corrected chi connectivity index (χ4v) is 4.07. The van der Waals surface area contributed by atoms with Gasteiger partial charge in [0.05, 0.1) is 6.20 Å². The monoisotopic (exact) mass is 261 g/mol. The van der Waals surface area contributed by atoms with E-state index in [0.717, 1.165) is 0 Å². The topological polar surface area (TPSA) is 29.9 Å². The molecule has 3 rings (SSSR count). The summed E-state index contributed by atoms with van der Waals surface area (Å²) in [6.45, 7) is 0. The van der Waals surface area contributed by atoms with Crippen LogP contribution in [0.15, 0.2) is 23.8 Å². The van der Waals surface area contributed by atoms with Gasteiger partial charge >= 0.3 is 0 Å². The van der Waals surface area contributed by atoms with E-state index in [1.807, 2.05) is 29.3 Å². The standard InChI is InChI=1S/C14H19N3S/c1-15-14(10-8-16-17(2)9-10)12-4-3-5-13-11(12)6-7-18-13/h6-9,12,14-15H,3-5H2,1-2H3. The first-order chi connectivity index (χ1) is 8.79. The molecule has 3 nitrogen and oxygen atoms in total. The average Bonchev–Trinajstić information content (AvgIpc) is 2.99. The van der Waals surface area contributed by atoms with E-state index in [1.165, 1.54) is 24.8 Å². The predicted molar refractivity (Wildman–Crippen MR) is 75.0 cm³/mol. The van der Waals surface area contributed by atoms with Crippen molar-refractivity contribution >= 4 is 11.3 Å². The molecule has 0 aromatic carbocycles. The second kappa shape index (κ2) is 4.86. The third-order valence-electron chi connectivity index (χ3n) is 3.90. The van der Waals surface area contributed by atoms with Gasteiger partial charge in [0, 0.05) is 35.6 Å². The van der Waals surface area contributed by atoms with Gasteiger partial charge in [-0.3, -0.25) is 4.68 Å². The molecule has 4 heteroatoms. The number of thiophene rings is 1. The number of rotatable bonds is 3. The number of fused-ring (bicyclic) bond motifs is 1. The molecule has 96 valence electrons. The summed E-state index contributed by atoms with van der Waals surface area (Å²) in [7, 11) is 4.03. The zero-order valence-corrected chi connectivity index (χ0v) is 11.7. The third kappa shape index (κ3) is 1.99. The molecule has 0 radical (unpaired) electrons. The Morgan fingerprint density at radius 2 is 2.44 bits per heavy atom. The molecule has 1 aliphatic rings.